The predicted molar refractivity (Wildman–Crippen MR) is 146 cm³/mol. The van der Waals surface area contributed by atoms with Gasteiger partial charge in [0.05, 0.1) is 13.2 Å². The molecule has 1 unspecified atom stereocenters. The van der Waals surface area contributed by atoms with Crippen LogP contribution in [0, 0.1) is 0 Å². The fourth-order valence-electron chi connectivity index (χ4n) is 3.69. The summed E-state index contributed by atoms with van der Waals surface area (Å²) < 4.78 is 24.1. The van der Waals surface area contributed by atoms with Gasteiger partial charge in [0.25, 0.3) is 0 Å². The van der Waals surface area contributed by atoms with Gasteiger partial charge in [-0.05, 0) is 76.3 Å². The lowest BCUT2D eigenvalue weighted by Crippen LogP contribution is -2.44. The van der Waals surface area contributed by atoms with Crippen molar-refractivity contribution in [2.45, 2.75) is 122 Å². The molecule has 0 aromatic rings. The first kappa shape index (κ1) is 32.7. The molecule has 192 valence electrons. The van der Waals surface area contributed by atoms with Crippen LogP contribution >= 0.6 is 0 Å². The van der Waals surface area contributed by atoms with Crippen molar-refractivity contribution in [1.82, 2.24) is 0 Å². The van der Waals surface area contributed by atoms with Gasteiger partial charge in [-0.15, -0.1) is 0 Å². The molecule has 0 saturated heterocycles. The molecule has 32 heavy (non-hydrogen) atoms. The van der Waals surface area contributed by atoms with Crippen molar-refractivity contribution in [2.75, 3.05) is 26.4 Å². The number of unbranched alkanes of at least 4 members (excludes halogenated alkanes) is 2. The molecule has 0 amide bonds. The van der Waals surface area contributed by atoms with Gasteiger partial charge in [-0.3, -0.25) is 0 Å². The third-order valence-corrected chi connectivity index (χ3v) is 17.9. The van der Waals surface area contributed by atoms with Crippen LogP contribution < -0.4 is 0 Å². The summed E-state index contributed by atoms with van der Waals surface area (Å²) in [7, 11) is -4.07. The summed E-state index contributed by atoms with van der Waals surface area (Å²) in [6.07, 6.45) is 6.49. The lowest BCUT2D eigenvalue weighted by atomic mass is 10.4. The SMILES string of the molecule is CCCC[Si]O[Si](C)(C)CCCOCC(O)COCCC[Si](C)(C)O[Si](C)(C)CCCC. The predicted octanol–water partition coefficient (Wildman–Crippen LogP) is 6.45. The molecule has 0 aliphatic rings. The molecule has 2 radical (unpaired) electrons. The third kappa shape index (κ3) is 20.1. The van der Waals surface area contributed by atoms with Gasteiger partial charge in [-0.25, -0.2) is 0 Å². The van der Waals surface area contributed by atoms with E-state index in [-0.39, 0.29) is 0 Å². The minimum absolute atomic E-state index is 0.349. The van der Waals surface area contributed by atoms with E-state index >= 15 is 0 Å². The molecule has 0 aromatic carbocycles. The Morgan fingerprint density at radius 3 is 1.66 bits per heavy atom. The minimum Gasteiger partial charge on any atom is -0.456 e. The Kier molecular flexibility index (Phi) is 18.4. The number of hydrogen-bond acceptors (Lipinski definition) is 5. The molecule has 5 nitrogen and oxygen atoms in total. The van der Waals surface area contributed by atoms with Gasteiger partial charge in [0.1, 0.15) is 6.10 Å². The number of aliphatic hydroxyl groups is 1. The van der Waals surface area contributed by atoms with Crippen LogP contribution in [0.2, 0.25) is 63.5 Å². The van der Waals surface area contributed by atoms with Crippen LogP contribution in [-0.4, -0.2) is 72.4 Å². The Labute approximate surface area is 205 Å². The second kappa shape index (κ2) is 18.0. The summed E-state index contributed by atoms with van der Waals surface area (Å²) in [6.45, 7) is 20.5. The maximum atomic E-state index is 10.1. The molecule has 9 heteroatoms. The highest BCUT2D eigenvalue weighted by atomic mass is 28.4. The van der Waals surface area contributed by atoms with E-state index in [1.807, 2.05) is 0 Å². The summed E-state index contributed by atoms with van der Waals surface area (Å²) in [5.74, 6) is 0. The summed E-state index contributed by atoms with van der Waals surface area (Å²) in [5, 5.41) is 10.1. The van der Waals surface area contributed by atoms with Crippen molar-refractivity contribution in [3.63, 3.8) is 0 Å². The Morgan fingerprint density at radius 1 is 0.688 bits per heavy atom. The topological polar surface area (TPSA) is 57.2 Å². The van der Waals surface area contributed by atoms with E-state index in [1.54, 1.807) is 0 Å². The van der Waals surface area contributed by atoms with Crippen LogP contribution in [-0.2, 0) is 17.7 Å². The largest absolute Gasteiger partial charge is 0.456 e. The van der Waals surface area contributed by atoms with E-state index in [2.05, 4.69) is 53.1 Å². The molecule has 0 saturated carbocycles. The molecule has 1 atom stereocenters. The van der Waals surface area contributed by atoms with E-state index in [9.17, 15) is 5.11 Å². The van der Waals surface area contributed by atoms with Crippen molar-refractivity contribution in [1.29, 1.82) is 0 Å². The summed E-state index contributed by atoms with van der Waals surface area (Å²) in [5.41, 5.74) is 0. The normalized spacial score (nSPS) is 14.2. The van der Waals surface area contributed by atoms with Crippen molar-refractivity contribution < 1.29 is 22.8 Å². The fraction of sp³-hybridized carbons (Fsp3) is 1.00. The van der Waals surface area contributed by atoms with Gasteiger partial charge >= 0.3 is 0 Å². The van der Waals surface area contributed by atoms with Crippen LogP contribution in [0.1, 0.15) is 52.4 Å². The summed E-state index contributed by atoms with van der Waals surface area (Å²) in [6, 6.07) is 4.68. The minimum atomic E-state index is -1.64. The van der Waals surface area contributed by atoms with Gasteiger partial charge in [0.15, 0.2) is 25.0 Å². The summed E-state index contributed by atoms with van der Waals surface area (Å²) in [4.78, 5) is 0. The second-order valence-electron chi connectivity index (χ2n) is 10.8. The molecule has 1 N–H and O–H groups in total. The van der Waals surface area contributed by atoms with Gasteiger partial charge in [-0.1, -0.05) is 39.5 Å². The summed E-state index contributed by atoms with van der Waals surface area (Å²) >= 11 is 0. The van der Waals surface area contributed by atoms with E-state index in [1.165, 1.54) is 37.8 Å². The smallest absolute Gasteiger partial charge is 0.215 e. The first-order valence-corrected chi connectivity index (χ1v) is 23.3. The van der Waals surface area contributed by atoms with Crippen LogP contribution in [0.25, 0.3) is 0 Å². The molecule has 0 spiro atoms. The van der Waals surface area contributed by atoms with Gasteiger partial charge in [-0.2, -0.15) is 0 Å². The zero-order valence-corrected chi connectivity index (χ0v) is 26.6. The first-order valence-electron chi connectivity index (χ1n) is 12.9. The van der Waals surface area contributed by atoms with E-state index < -0.39 is 31.1 Å². The highest BCUT2D eigenvalue weighted by Gasteiger charge is 2.32. The first-order chi connectivity index (χ1) is 14.9. The number of aliphatic hydroxyl groups excluding tert-OH is 1. The molecular weight excluding hydrogens is 469 g/mol. The van der Waals surface area contributed by atoms with Gasteiger partial charge < -0.3 is 22.8 Å². The molecular formula is C23H54O5Si4. The second-order valence-corrected chi connectivity index (χ2v) is 25.3. The molecule has 0 aromatic heterocycles. The monoisotopic (exact) mass is 522 g/mol. The molecule has 0 rings (SSSR count). The Hall–Kier alpha value is 0.668. The lowest BCUT2D eigenvalue weighted by Gasteiger charge is -2.34. The number of ether oxygens (including phenoxy) is 2. The molecule has 0 fully saturated rings. The van der Waals surface area contributed by atoms with Crippen LogP contribution in [0.5, 0.6) is 0 Å². The van der Waals surface area contributed by atoms with Crippen molar-refractivity contribution >= 4 is 34.7 Å². The Balaban J connectivity index is 3.78. The molecule has 0 heterocycles. The molecule has 0 aliphatic carbocycles. The zero-order chi connectivity index (χ0) is 24.5. The number of rotatable bonds is 22. The average molecular weight is 523 g/mol. The highest BCUT2D eigenvalue weighted by molar-refractivity contribution is 6.84. The maximum Gasteiger partial charge on any atom is 0.215 e. The lowest BCUT2D eigenvalue weighted by molar-refractivity contribution is -0.0186. The van der Waals surface area contributed by atoms with E-state index in [0.717, 1.165) is 24.9 Å². The van der Waals surface area contributed by atoms with Crippen LogP contribution in [0.15, 0.2) is 0 Å². The number of hydrogen-bond donors (Lipinski definition) is 1. The average Bonchev–Trinajstić information content (AvgIpc) is 2.68. The van der Waals surface area contributed by atoms with Gasteiger partial charge in [0, 0.05) is 13.2 Å². The zero-order valence-electron chi connectivity index (χ0n) is 22.6. The standard InChI is InChI=1S/C23H54O5Si4/c1-9-11-17-29-27-30(3,4)19-13-15-25-21-23(24)22-26-16-14-20-32(7,8)28-31(5,6)18-12-10-2/h23-24H,9-22H2,1-8H3. The van der Waals surface area contributed by atoms with Gasteiger partial charge in [0.2, 0.25) is 9.76 Å². The fourth-order valence-corrected chi connectivity index (χ4v) is 16.6. The Morgan fingerprint density at radius 2 is 1.16 bits per heavy atom. The van der Waals surface area contributed by atoms with E-state index in [4.69, 9.17) is 17.7 Å². The quantitative estimate of drug-likeness (QED) is 0.131. The molecule has 0 bridgehead atoms. The van der Waals surface area contributed by atoms with Crippen molar-refractivity contribution in [3.05, 3.63) is 0 Å². The third-order valence-electron chi connectivity index (χ3n) is 5.42. The van der Waals surface area contributed by atoms with E-state index in [0.29, 0.717) is 36.2 Å². The van der Waals surface area contributed by atoms with Crippen LogP contribution in [0.3, 0.4) is 0 Å². The maximum absolute atomic E-state index is 10.1. The van der Waals surface area contributed by atoms with Crippen molar-refractivity contribution in [3.8, 4) is 0 Å². The Bertz CT molecular complexity index is 450. The molecule has 0 aliphatic heterocycles. The highest BCUT2D eigenvalue weighted by Crippen LogP contribution is 2.24. The van der Waals surface area contributed by atoms with Crippen molar-refractivity contribution in [2.24, 2.45) is 0 Å². The van der Waals surface area contributed by atoms with Crippen LogP contribution in [0.4, 0.5) is 0 Å².